The summed E-state index contributed by atoms with van der Waals surface area (Å²) in [6.07, 6.45) is 6.76. The van der Waals surface area contributed by atoms with Gasteiger partial charge in [0.25, 0.3) is 0 Å². The molecule has 1 unspecified atom stereocenters. The van der Waals surface area contributed by atoms with Crippen LogP contribution in [0.15, 0.2) is 24.3 Å². The molecular weight excluding hydrogens is 196 g/mol. The number of nitrogens with zero attached hydrogens (tertiary/aromatic N) is 1. The summed E-state index contributed by atoms with van der Waals surface area (Å²) in [6, 6.07) is 8.57. The van der Waals surface area contributed by atoms with E-state index in [9.17, 15) is 0 Å². The highest BCUT2D eigenvalue weighted by Crippen LogP contribution is 2.45. The van der Waals surface area contributed by atoms with Crippen LogP contribution in [0.4, 0.5) is 5.69 Å². The second kappa shape index (κ2) is 3.77. The molecule has 0 aromatic heterocycles. The zero-order valence-electron chi connectivity index (χ0n) is 9.78. The van der Waals surface area contributed by atoms with Gasteiger partial charge in [-0.05, 0) is 62.9 Å². The lowest BCUT2D eigenvalue weighted by Gasteiger charge is -2.43. The van der Waals surface area contributed by atoms with E-state index in [1.165, 1.54) is 50.8 Å². The lowest BCUT2D eigenvalue weighted by molar-refractivity contribution is 0.0885. The van der Waals surface area contributed by atoms with Crippen LogP contribution in [0.2, 0.25) is 0 Å². The molecule has 0 bridgehead atoms. The van der Waals surface area contributed by atoms with E-state index in [1.807, 2.05) is 0 Å². The molecule has 0 saturated carbocycles. The SMILES string of the molecule is Nc1ccc(C23CCCCN2CCC3)cc1. The molecule has 0 aliphatic carbocycles. The first kappa shape index (κ1) is 10.2. The third-order valence-corrected chi connectivity index (χ3v) is 4.34. The first-order valence-electron chi connectivity index (χ1n) is 6.42. The lowest BCUT2D eigenvalue weighted by Crippen LogP contribution is -2.44. The smallest absolute Gasteiger partial charge is 0.0461 e. The summed E-state index contributed by atoms with van der Waals surface area (Å²) in [5.74, 6) is 0. The number of nitrogens with two attached hydrogens (primary N) is 1. The Bertz CT molecular complexity index is 371. The van der Waals surface area contributed by atoms with Gasteiger partial charge in [-0.25, -0.2) is 0 Å². The zero-order chi connectivity index (χ0) is 11.0. The Labute approximate surface area is 97.4 Å². The van der Waals surface area contributed by atoms with Gasteiger partial charge in [-0.3, -0.25) is 4.90 Å². The monoisotopic (exact) mass is 216 g/mol. The van der Waals surface area contributed by atoms with Crippen LogP contribution in [-0.2, 0) is 5.54 Å². The quantitative estimate of drug-likeness (QED) is 0.731. The number of fused-ring (bicyclic) bond motifs is 1. The lowest BCUT2D eigenvalue weighted by atomic mass is 9.80. The number of piperidine rings is 1. The molecule has 0 radical (unpaired) electrons. The summed E-state index contributed by atoms with van der Waals surface area (Å²) in [7, 11) is 0. The molecule has 0 spiro atoms. The van der Waals surface area contributed by atoms with Crippen LogP contribution in [0.1, 0.15) is 37.7 Å². The Morgan fingerprint density at radius 3 is 2.44 bits per heavy atom. The van der Waals surface area contributed by atoms with Gasteiger partial charge in [0.1, 0.15) is 0 Å². The molecule has 1 atom stereocenters. The first-order chi connectivity index (χ1) is 7.81. The van der Waals surface area contributed by atoms with Crippen molar-refractivity contribution >= 4 is 5.69 Å². The fraction of sp³-hybridized carbons (Fsp3) is 0.571. The Kier molecular flexibility index (Phi) is 2.40. The molecule has 2 aliphatic rings. The molecule has 2 heterocycles. The molecule has 2 aliphatic heterocycles. The first-order valence-corrected chi connectivity index (χ1v) is 6.42. The van der Waals surface area contributed by atoms with Crippen molar-refractivity contribution in [1.29, 1.82) is 0 Å². The minimum absolute atomic E-state index is 0.353. The zero-order valence-corrected chi connectivity index (χ0v) is 9.78. The van der Waals surface area contributed by atoms with Gasteiger partial charge in [-0.15, -0.1) is 0 Å². The molecular formula is C14H20N2. The maximum absolute atomic E-state index is 5.78. The van der Waals surface area contributed by atoms with Crippen molar-refractivity contribution in [2.45, 2.75) is 37.6 Å². The largest absolute Gasteiger partial charge is 0.399 e. The van der Waals surface area contributed by atoms with Crippen molar-refractivity contribution in [3.63, 3.8) is 0 Å². The van der Waals surface area contributed by atoms with Crippen molar-refractivity contribution in [3.8, 4) is 0 Å². The second-order valence-corrected chi connectivity index (χ2v) is 5.20. The average Bonchev–Trinajstić information content (AvgIpc) is 2.74. The van der Waals surface area contributed by atoms with Crippen LogP contribution < -0.4 is 5.73 Å². The van der Waals surface area contributed by atoms with Crippen LogP contribution in [-0.4, -0.2) is 18.0 Å². The number of benzene rings is 1. The number of hydrogen-bond acceptors (Lipinski definition) is 2. The topological polar surface area (TPSA) is 29.3 Å². The van der Waals surface area contributed by atoms with Gasteiger partial charge in [0.05, 0.1) is 0 Å². The van der Waals surface area contributed by atoms with E-state index < -0.39 is 0 Å². The minimum atomic E-state index is 0.353. The van der Waals surface area contributed by atoms with Crippen molar-refractivity contribution in [2.24, 2.45) is 0 Å². The number of nitrogen functional groups attached to an aromatic ring is 1. The van der Waals surface area contributed by atoms with Gasteiger partial charge in [-0.2, -0.15) is 0 Å². The molecule has 2 N–H and O–H groups in total. The van der Waals surface area contributed by atoms with E-state index in [1.54, 1.807) is 0 Å². The van der Waals surface area contributed by atoms with Gasteiger partial charge in [0, 0.05) is 11.2 Å². The molecule has 2 saturated heterocycles. The highest BCUT2D eigenvalue weighted by Gasteiger charge is 2.43. The van der Waals surface area contributed by atoms with E-state index in [-0.39, 0.29) is 0 Å². The van der Waals surface area contributed by atoms with Crippen LogP contribution in [0.3, 0.4) is 0 Å². The second-order valence-electron chi connectivity index (χ2n) is 5.20. The van der Waals surface area contributed by atoms with Gasteiger partial charge >= 0.3 is 0 Å². The fourth-order valence-corrected chi connectivity index (χ4v) is 3.53. The summed E-state index contributed by atoms with van der Waals surface area (Å²) in [6.45, 7) is 2.56. The fourth-order valence-electron chi connectivity index (χ4n) is 3.53. The van der Waals surface area contributed by atoms with Crippen molar-refractivity contribution in [3.05, 3.63) is 29.8 Å². The van der Waals surface area contributed by atoms with Crippen molar-refractivity contribution in [1.82, 2.24) is 4.90 Å². The third kappa shape index (κ3) is 1.44. The molecule has 2 fully saturated rings. The van der Waals surface area contributed by atoms with E-state index in [4.69, 9.17) is 5.73 Å². The average molecular weight is 216 g/mol. The Balaban J connectivity index is 1.98. The Morgan fingerprint density at radius 1 is 0.938 bits per heavy atom. The van der Waals surface area contributed by atoms with Gasteiger partial charge in [0.15, 0.2) is 0 Å². The highest BCUT2D eigenvalue weighted by molar-refractivity contribution is 5.41. The minimum Gasteiger partial charge on any atom is -0.399 e. The summed E-state index contributed by atoms with van der Waals surface area (Å²) < 4.78 is 0. The molecule has 2 nitrogen and oxygen atoms in total. The van der Waals surface area contributed by atoms with Crippen LogP contribution in [0.5, 0.6) is 0 Å². The summed E-state index contributed by atoms with van der Waals surface area (Å²) in [5, 5.41) is 0. The Hall–Kier alpha value is -1.02. The normalized spacial score (nSPS) is 30.2. The van der Waals surface area contributed by atoms with Crippen LogP contribution >= 0.6 is 0 Å². The maximum atomic E-state index is 5.78. The summed E-state index contributed by atoms with van der Waals surface area (Å²) in [5.41, 5.74) is 8.49. The van der Waals surface area contributed by atoms with E-state index >= 15 is 0 Å². The molecule has 86 valence electrons. The van der Waals surface area contributed by atoms with Gasteiger partial charge < -0.3 is 5.73 Å². The Morgan fingerprint density at radius 2 is 1.62 bits per heavy atom. The molecule has 3 rings (SSSR count). The third-order valence-electron chi connectivity index (χ3n) is 4.34. The van der Waals surface area contributed by atoms with E-state index in [0.29, 0.717) is 5.54 Å². The van der Waals surface area contributed by atoms with Crippen molar-refractivity contribution < 1.29 is 0 Å². The van der Waals surface area contributed by atoms with E-state index in [0.717, 1.165) is 5.69 Å². The number of anilines is 1. The van der Waals surface area contributed by atoms with Crippen LogP contribution in [0.25, 0.3) is 0 Å². The predicted molar refractivity (Wildman–Crippen MR) is 67.2 cm³/mol. The molecule has 1 aromatic rings. The van der Waals surface area contributed by atoms with Crippen molar-refractivity contribution in [2.75, 3.05) is 18.8 Å². The van der Waals surface area contributed by atoms with E-state index in [2.05, 4.69) is 29.2 Å². The summed E-state index contributed by atoms with van der Waals surface area (Å²) >= 11 is 0. The number of rotatable bonds is 1. The standard InChI is InChI=1S/C14H20N2/c15-13-6-4-12(5-7-13)14-8-1-2-10-16(14)11-3-9-14/h4-7H,1-3,8-11,15H2. The molecule has 16 heavy (non-hydrogen) atoms. The predicted octanol–water partition coefficient (Wildman–Crippen LogP) is 2.74. The van der Waals surface area contributed by atoms with Crippen LogP contribution in [0, 0.1) is 0 Å². The van der Waals surface area contributed by atoms with Gasteiger partial charge in [-0.1, -0.05) is 12.1 Å². The molecule has 2 heteroatoms. The van der Waals surface area contributed by atoms with Gasteiger partial charge in [0.2, 0.25) is 0 Å². The molecule has 0 amide bonds. The highest BCUT2D eigenvalue weighted by atomic mass is 15.2. The maximum Gasteiger partial charge on any atom is 0.0461 e. The molecule has 1 aromatic carbocycles. The summed E-state index contributed by atoms with van der Waals surface area (Å²) in [4.78, 5) is 2.70. The number of hydrogen-bond donors (Lipinski definition) is 1.